The molecule has 0 radical (unpaired) electrons. The van der Waals surface area contributed by atoms with E-state index in [0.717, 1.165) is 18.8 Å². The molecule has 1 N–H and O–H groups in total. The highest BCUT2D eigenvalue weighted by molar-refractivity contribution is 7.99. The zero-order valence-electron chi connectivity index (χ0n) is 20.8. The molecule has 0 bridgehead atoms. The number of ether oxygens (including phenoxy) is 1. The van der Waals surface area contributed by atoms with Gasteiger partial charge in [0.05, 0.1) is 12.7 Å². The van der Waals surface area contributed by atoms with Crippen molar-refractivity contribution in [2.45, 2.75) is 148 Å². The van der Waals surface area contributed by atoms with Crippen molar-refractivity contribution in [3.8, 4) is 0 Å². The first-order valence-corrected chi connectivity index (χ1v) is 14.8. The number of thioether (sulfide) groups is 1. The van der Waals surface area contributed by atoms with Crippen LogP contribution in [-0.4, -0.2) is 35.9 Å². The zero-order chi connectivity index (χ0) is 22.0. The maximum atomic E-state index is 10.0. The molecule has 182 valence electrons. The van der Waals surface area contributed by atoms with E-state index < -0.39 is 0 Å². The lowest BCUT2D eigenvalue weighted by Gasteiger charge is -2.11. The highest BCUT2D eigenvalue weighted by atomic mass is 32.2. The van der Waals surface area contributed by atoms with Gasteiger partial charge < -0.3 is 9.84 Å². The number of aliphatic hydroxyl groups is 1. The summed E-state index contributed by atoms with van der Waals surface area (Å²) in [5, 5.41) is 10.0. The highest BCUT2D eigenvalue weighted by Gasteiger charge is 2.04. The standard InChI is InChI=1S/C27H56O2S/c1-3-5-7-9-11-13-15-17-19-21-23-29-25-27(28)26-30-24-22-20-18-16-14-12-10-8-6-4-2/h27-28H,3-26H2,1-2H3. The third-order valence-electron chi connectivity index (χ3n) is 5.90. The van der Waals surface area contributed by atoms with Gasteiger partial charge in [-0.2, -0.15) is 11.8 Å². The molecule has 0 aliphatic rings. The number of rotatable bonds is 26. The Morgan fingerprint density at radius 3 is 1.43 bits per heavy atom. The lowest BCUT2D eigenvalue weighted by molar-refractivity contribution is 0.0467. The summed E-state index contributed by atoms with van der Waals surface area (Å²) < 4.78 is 5.66. The smallest absolute Gasteiger partial charge is 0.0863 e. The van der Waals surface area contributed by atoms with Crippen molar-refractivity contribution in [1.82, 2.24) is 0 Å². The molecule has 0 rings (SSSR count). The first-order valence-electron chi connectivity index (χ1n) is 13.6. The fourth-order valence-corrected chi connectivity index (χ4v) is 4.81. The third kappa shape index (κ3) is 26.3. The molecule has 1 atom stereocenters. The van der Waals surface area contributed by atoms with Crippen molar-refractivity contribution in [2.75, 3.05) is 24.7 Å². The van der Waals surface area contributed by atoms with Crippen LogP contribution < -0.4 is 0 Å². The van der Waals surface area contributed by atoms with Crippen molar-refractivity contribution in [3.63, 3.8) is 0 Å². The Balaban J connectivity index is 3.13. The van der Waals surface area contributed by atoms with Gasteiger partial charge in [-0.1, -0.05) is 129 Å². The lowest BCUT2D eigenvalue weighted by atomic mass is 10.1. The van der Waals surface area contributed by atoms with E-state index >= 15 is 0 Å². The molecular weight excluding hydrogens is 388 g/mol. The molecule has 30 heavy (non-hydrogen) atoms. The first kappa shape index (κ1) is 30.3. The van der Waals surface area contributed by atoms with Crippen molar-refractivity contribution < 1.29 is 9.84 Å². The van der Waals surface area contributed by atoms with Crippen LogP contribution in [0.4, 0.5) is 0 Å². The number of aliphatic hydroxyl groups excluding tert-OH is 1. The van der Waals surface area contributed by atoms with E-state index in [9.17, 15) is 5.11 Å². The molecule has 0 aromatic carbocycles. The van der Waals surface area contributed by atoms with Crippen molar-refractivity contribution in [2.24, 2.45) is 0 Å². The van der Waals surface area contributed by atoms with Gasteiger partial charge in [-0.05, 0) is 18.6 Å². The lowest BCUT2D eigenvalue weighted by Crippen LogP contribution is -2.18. The Morgan fingerprint density at radius 2 is 0.967 bits per heavy atom. The zero-order valence-corrected chi connectivity index (χ0v) is 21.6. The maximum absolute atomic E-state index is 10.0. The Morgan fingerprint density at radius 1 is 0.567 bits per heavy atom. The van der Waals surface area contributed by atoms with Crippen LogP contribution in [0.3, 0.4) is 0 Å². The number of hydrogen-bond acceptors (Lipinski definition) is 3. The highest BCUT2D eigenvalue weighted by Crippen LogP contribution is 2.13. The summed E-state index contributed by atoms with van der Waals surface area (Å²) in [6.45, 7) is 5.89. The molecule has 0 saturated heterocycles. The van der Waals surface area contributed by atoms with E-state index in [1.54, 1.807) is 0 Å². The Bertz CT molecular complexity index is 271. The van der Waals surface area contributed by atoms with Crippen LogP contribution in [0.1, 0.15) is 142 Å². The van der Waals surface area contributed by atoms with Gasteiger partial charge in [-0.15, -0.1) is 0 Å². The summed E-state index contributed by atoms with van der Waals surface area (Å²) in [5.74, 6) is 2.02. The minimum Gasteiger partial charge on any atom is -0.390 e. The largest absolute Gasteiger partial charge is 0.390 e. The van der Waals surface area contributed by atoms with Crippen LogP contribution in [0.2, 0.25) is 0 Å². The molecular formula is C27H56O2S. The van der Waals surface area contributed by atoms with E-state index in [0.29, 0.717) is 6.61 Å². The minimum atomic E-state index is -0.291. The van der Waals surface area contributed by atoms with Crippen LogP contribution in [-0.2, 0) is 4.74 Å². The molecule has 2 nitrogen and oxygen atoms in total. The van der Waals surface area contributed by atoms with Gasteiger partial charge in [0.2, 0.25) is 0 Å². The van der Waals surface area contributed by atoms with E-state index in [1.807, 2.05) is 11.8 Å². The molecule has 0 fully saturated rings. The fraction of sp³-hybridized carbons (Fsp3) is 1.00. The summed E-state index contributed by atoms with van der Waals surface area (Å²) >= 11 is 1.89. The Kier molecular flexibility index (Phi) is 27.5. The van der Waals surface area contributed by atoms with Crippen molar-refractivity contribution in [3.05, 3.63) is 0 Å². The Labute approximate surface area is 194 Å². The van der Waals surface area contributed by atoms with Gasteiger partial charge >= 0.3 is 0 Å². The molecule has 0 aliphatic carbocycles. The molecule has 0 aromatic heterocycles. The van der Waals surface area contributed by atoms with Gasteiger partial charge in [0.1, 0.15) is 0 Å². The second-order valence-corrected chi connectivity index (χ2v) is 10.3. The molecule has 0 amide bonds. The molecule has 1 unspecified atom stereocenters. The van der Waals surface area contributed by atoms with Gasteiger partial charge in [-0.3, -0.25) is 0 Å². The van der Waals surface area contributed by atoms with Gasteiger partial charge in [0.25, 0.3) is 0 Å². The molecule has 0 aliphatic heterocycles. The van der Waals surface area contributed by atoms with Crippen LogP contribution in [0, 0.1) is 0 Å². The van der Waals surface area contributed by atoms with Crippen LogP contribution in [0.25, 0.3) is 0 Å². The maximum Gasteiger partial charge on any atom is 0.0863 e. The second-order valence-electron chi connectivity index (χ2n) is 9.17. The first-order chi connectivity index (χ1) is 14.8. The number of hydrogen-bond donors (Lipinski definition) is 1. The molecule has 3 heteroatoms. The van der Waals surface area contributed by atoms with Crippen LogP contribution in [0.15, 0.2) is 0 Å². The monoisotopic (exact) mass is 444 g/mol. The molecule has 0 aromatic rings. The quantitative estimate of drug-likeness (QED) is 0.135. The predicted molar refractivity (Wildman–Crippen MR) is 138 cm³/mol. The molecule has 0 saturated carbocycles. The van der Waals surface area contributed by atoms with Gasteiger partial charge in [0, 0.05) is 12.4 Å². The van der Waals surface area contributed by atoms with Crippen molar-refractivity contribution in [1.29, 1.82) is 0 Å². The van der Waals surface area contributed by atoms with Crippen molar-refractivity contribution >= 4 is 11.8 Å². The summed E-state index contributed by atoms with van der Waals surface area (Å²) in [5.41, 5.74) is 0. The fourth-order valence-electron chi connectivity index (χ4n) is 3.87. The normalized spacial score (nSPS) is 12.5. The molecule has 0 heterocycles. The van der Waals surface area contributed by atoms with Gasteiger partial charge in [-0.25, -0.2) is 0 Å². The SMILES string of the molecule is CCCCCCCCCCCCOCC(O)CSCCCCCCCCCCCC. The van der Waals surface area contributed by atoms with Crippen LogP contribution in [0.5, 0.6) is 0 Å². The summed E-state index contributed by atoms with van der Waals surface area (Å²) in [6.07, 6.45) is 27.2. The van der Waals surface area contributed by atoms with E-state index in [2.05, 4.69) is 13.8 Å². The average Bonchev–Trinajstić information content (AvgIpc) is 2.75. The van der Waals surface area contributed by atoms with E-state index in [1.165, 1.54) is 128 Å². The third-order valence-corrected chi connectivity index (χ3v) is 7.10. The Hall–Kier alpha value is 0.270. The summed E-state index contributed by atoms with van der Waals surface area (Å²) in [7, 11) is 0. The van der Waals surface area contributed by atoms with E-state index in [-0.39, 0.29) is 6.10 Å². The van der Waals surface area contributed by atoms with Crippen LogP contribution >= 0.6 is 11.8 Å². The molecule has 0 spiro atoms. The average molecular weight is 445 g/mol. The second kappa shape index (κ2) is 27.3. The predicted octanol–water partition coefficient (Wildman–Crippen LogP) is 8.94. The summed E-state index contributed by atoms with van der Waals surface area (Å²) in [6, 6.07) is 0. The topological polar surface area (TPSA) is 29.5 Å². The van der Waals surface area contributed by atoms with E-state index in [4.69, 9.17) is 4.74 Å². The van der Waals surface area contributed by atoms with Gasteiger partial charge in [0.15, 0.2) is 0 Å². The minimum absolute atomic E-state index is 0.291. The summed E-state index contributed by atoms with van der Waals surface area (Å²) in [4.78, 5) is 0. The number of unbranched alkanes of at least 4 members (excludes halogenated alkanes) is 18.